The molecule has 2 amide bonds. The number of hydrogen-bond donors (Lipinski definition) is 2. The lowest BCUT2D eigenvalue weighted by Crippen LogP contribution is -2.40. The molecule has 12 heteroatoms. The molecule has 2 aliphatic rings. The van der Waals surface area contributed by atoms with Gasteiger partial charge in [0.2, 0.25) is 5.91 Å². The Labute approximate surface area is 234 Å². The van der Waals surface area contributed by atoms with Crippen molar-refractivity contribution in [2.45, 2.75) is 38.3 Å². The predicted molar refractivity (Wildman–Crippen MR) is 149 cm³/mol. The molecule has 0 spiro atoms. The number of nitro groups is 1. The van der Waals surface area contributed by atoms with Gasteiger partial charge in [-0.3, -0.25) is 19.7 Å². The van der Waals surface area contributed by atoms with Crippen molar-refractivity contribution >= 4 is 57.9 Å². The molecule has 0 saturated heterocycles. The lowest BCUT2D eigenvalue weighted by Gasteiger charge is -2.23. The van der Waals surface area contributed by atoms with Crippen LogP contribution in [0.3, 0.4) is 0 Å². The van der Waals surface area contributed by atoms with Crippen LogP contribution in [0.15, 0.2) is 65.9 Å². The van der Waals surface area contributed by atoms with Crippen molar-refractivity contribution in [2.24, 2.45) is 11.0 Å². The zero-order chi connectivity index (χ0) is 27.7. The zero-order valence-corrected chi connectivity index (χ0v) is 22.3. The number of nitro benzene ring substituents is 1. The van der Waals surface area contributed by atoms with Crippen molar-refractivity contribution in [1.29, 1.82) is 0 Å². The average Bonchev–Trinajstić information content (AvgIpc) is 3.68. The summed E-state index contributed by atoms with van der Waals surface area (Å²) in [4.78, 5) is 42.3. The lowest BCUT2D eigenvalue weighted by molar-refractivity contribution is -0.385. The maximum absolute atomic E-state index is 13.7. The van der Waals surface area contributed by atoms with Crippen molar-refractivity contribution in [3.05, 3.63) is 92.1 Å². The summed E-state index contributed by atoms with van der Waals surface area (Å²) in [6.45, 7) is 1.95. The van der Waals surface area contributed by atoms with Gasteiger partial charge in [-0.2, -0.15) is 5.10 Å². The maximum atomic E-state index is 13.7. The van der Waals surface area contributed by atoms with Crippen molar-refractivity contribution in [3.8, 4) is 0 Å². The monoisotopic (exact) mass is 566 g/mol. The number of carbonyl (C=O) groups excluding carboxylic acids is 2. The number of amides is 2. The molecule has 1 aromatic heterocycles. The van der Waals surface area contributed by atoms with Crippen LogP contribution in [-0.4, -0.2) is 39.5 Å². The topological polar surface area (TPSA) is 130 Å². The highest BCUT2D eigenvalue weighted by molar-refractivity contribution is 6.33. The molecule has 2 atom stereocenters. The van der Waals surface area contributed by atoms with Crippen LogP contribution >= 0.6 is 23.2 Å². The first-order valence-electron chi connectivity index (χ1n) is 12.3. The number of nitrogens with one attached hydrogen (secondary N) is 2. The number of hydrazone groups is 1. The maximum Gasteiger partial charge on any atom is 0.278 e. The Morgan fingerprint density at radius 2 is 1.90 bits per heavy atom. The van der Waals surface area contributed by atoms with Crippen molar-refractivity contribution < 1.29 is 14.5 Å². The summed E-state index contributed by atoms with van der Waals surface area (Å²) in [6.07, 6.45) is 3.68. The van der Waals surface area contributed by atoms with Gasteiger partial charge in [0.15, 0.2) is 5.82 Å². The van der Waals surface area contributed by atoms with E-state index in [1.807, 2.05) is 6.92 Å². The van der Waals surface area contributed by atoms with Crippen molar-refractivity contribution in [2.75, 3.05) is 10.3 Å². The first-order chi connectivity index (χ1) is 18.7. The van der Waals surface area contributed by atoms with E-state index in [1.54, 1.807) is 42.5 Å². The second-order valence-electron chi connectivity index (χ2n) is 9.47. The van der Waals surface area contributed by atoms with Gasteiger partial charge in [-0.05, 0) is 62.1 Å². The smallest absolute Gasteiger partial charge is 0.278 e. The number of anilines is 2. The highest BCUT2D eigenvalue weighted by Gasteiger charge is 2.38. The standard InChI is InChI=1S/C27H24Cl2N6O4/c1-15(16-8-9-16)31-26(36)19-13-17(28)10-11-21(19)32-27(37)24-14-22(18-5-2-3-7-23(18)35(38)39)33-34(24)25-20(29)6-4-12-30-25/h2-7,10-13,15-16,24H,8-9,14H2,1H3,(H,31,36)(H,32,37). The van der Waals surface area contributed by atoms with Gasteiger partial charge in [0.05, 0.1) is 32.5 Å². The molecule has 39 heavy (non-hydrogen) atoms. The number of pyridine rings is 1. The Hall–Kier alpha value is -4.02. The van der Waals surface area contributed by atoms with Gasteiger partial charge < -0.3 is 10.6 Å². The molecule has 5 rings (SSSR count). The normalized spacial score (nSPS) is 17.4. The summed E-state index contributed by atoms with van der Waals surface area (Å²) >= 11 is 12.6. The number of halogens is 2. The third kappa shape index (κ3) is 5.71. The van der Waals surface area contributed by atoms with Crippen LogP contribution in [0.5, 0.6) is 0 Å². The highest BCUT2D eigenvalue weighted by Crippen LogP contribution is 2.34. The molecular formula is C27H24Cl2N6O4. The molecule has 1 fully saturated rings. The van der Waals surface area contributed by atoms with Crippen molar-refractivity contribution in [1.82, 2.24) is 10.3 Å². The third-order valence-corrected chi connectivity index (χ3v) is 7.28. The molecule has 0 radical (unpaired) electrons. The van der Waals surface area contributed by atoms with Gasteiger partial charge in [0.1, 0.15) is 6.04 Å². The van der Waals surface area contributed by atoms with Gasteiger partial charge in [0.25, 0.3) is 11.6 Å². The van der Waals surface area contributed by atoms with E-state index in [4.69, 9.17) is 23.2 Å². The average molecular weight is 567 g/mol. The van der Waals surface area contributed by atoms with Crippen LogP contribution in [0.2, 0.25) is 10.0 Å². The second kappa shape index (κ2) is 11.0. The van der Waals surface area contributed by atoms with Crippen LogP contribution in [-0.2, 0) is 4.79 Å². The van der Waals surface area contributed by atoms with E-state index in [0.717, 1.165) is 12.8 Å². The largest absolute Gasteiger partial charge is 0.349 e. The quantitative estimate of drug-likeness (QED) is 0.275. The molecule has 0 bridgehead atoms. The first-order valence-corrected chi connectivity index (χ1v) is 13.1. The first kappa shape index (κ1) is 26.6. The van der Waals surface area contributed by atoms with Gasteiger partial charge >= 0.3 is 0 Å². The Balaban J connectivity index is 1.46. The Kier molecular flexibility index (Phi) is 7.49. The number of benzene rings is 2. The van der Waals surface area contributed by atoms with E-state index >= 15 is 0 Å². The van der Waals surface area contributed by atoms with Gasteiger partial charge in [-0.15, -0.1) is 0 Å². The number of hydrogen-bond acceptors (Lipinski definition) is 7. The van der Waals surface area contributed by atoms with Gasteiger partial charge in [0, 0.05) is 29.7 Å². The Morgan fingerprint density at radius 3 is 2.62 bits per heavy atom. The van der Waals surface area contributed by atoms with E-state index in [9.17, 15) is 19.7 Å². The number of nitrogens with zero attached hydrogens (tertiary/aromatic N) is 4. The van der Waals surface area contributed by atoms with Crippen LogP contribution in [0.25, 0.3) is 0 Å². The number of aromatic nitrogens is 1. The van der Waals surface area contributed by atoms with Gasteiger partial charge in [-0.1, -0.05) is 35.3 Å². The summed E-state index contributed by atoms with van der Waals surface area (Å²) in [7, 11) is 0. The molecule has 2 N–H and O–H groups in total. The predicted octanol–water partition coefficient (Wildman–Crippen LogP) is 5.45. The van der Waals surface area contributed by atoms with Crippen molar-refractivity contribution in [3.63, 3.8) is 0 Å². The zero-order valence-electron chi connectivity index (χ0n) is 20.8. The Morgan fingerprint density at radius 1 is 1.13 bits per heavy atom. The Bertz CT molecular complexity index is 1490. The minimum Gasteiger partial charge on any atom is -0.349 e. The van der Waals surface area contributed by atoms with Crippen LogP contribution < -0.4 is 15.6 Å². The van der Waals surface area contributed by atoms with Crippen LogP contribution in [0.4, 0.5) is 17.2 Å². The molecule has 2 aromatic carbocycles. The minimum atomic E-state index is -0.954. The number of para-hydroxylation sites is 1. The van der Waals surface area contributed by atoms with Crippen LogP contribution in [0.1, 0.15) is 42.1 Å². The molecule has 2 unspecified atom stereocenters. The molecule has 1 aliphatic heterocycles. The molecule has 10 nitrogen and oxygen atoms in total. The SMILES string of the molecule is CC(NC(=O)c1cc(Cl)ccc1NC(=O)C1CC(c2ccccc2[N+](=O)[O-])=NN1c1ncccc1Cl)C1CC1. The van der Waals surface area contributed by atoms with E-state index in [0.29, 0.717) is 16.7 Å². The number of carbonyl (C=O) groups is 2. The molecule has 1 saturated carbocycles. The fourth-order valence-corrected chi connectivity index (χ4v) is 4.90. The molecule has 1 aliphatic carbocycles. The fraction of sp³-hybridized carbons (Fsp3) is 0.259. The van der Waals surface area contributed by atoms with E-state index < -0.39 is 16.9 Å². The van der Waals surface area contributed by atoms with E-state index in [-0.39, 0.29) is 51.7 Å². The molecule has 2 heterocycles. The summed E-state index contributed by atoms with van der Waals surface area (Å²) in [6, 6.07) is 13.1. The van der Waals surface area contributed by atoms with E-state index in [1.165, 1.54) is 23.3 Å². The fourth-order valence-electron chi connectivity index (χ4n) is 4.52. The summed E-state index contributed by atoms with van der Waals surface area (Å²) < 4.78 is 0. The summed E-state index contributed by atoms with van der Waals surface area (Å²) in [5, 5.41) is 24.0. The van der Waals surface area contributed by atoms with Crippen LogP contribution in [0, 0.1) is 16.0 Å². The lowest BCUT2D eigenvalue weighted by atomic mass is 10.0. The third-order valence-electron chi connectivity index (χ3n) is 6.75. The summed E-state index contributed by atoms with van der Waals surface area (Å²) in [5.74, 6) is -0.181. The van der Waals surface area contributed by atoms with E-state index in [2.05, 4.69) is 20.7 Å². The summed E-state index contributed by atoms with van der Waals surface area (Å²) in [5.41, 5.74) is 0.984. The molecular weight excluding hydrogens is 543 g/mol. The number of rotatable bonds is 8. The second-order valence-corrected chi connectivity index (χ2v) is 10.3. The van der Waals surface area contributed by atoms with Gasteiger partial charge in [-0.25, -0.2) is 9.99 Å². The minimum absolute atomic E-state index is 0.00530. The highest BCUT2D eigenvalue weighted by atomic mass is 35.5. The molecule has 3 aromatic rings. The molecule has 200 valence electrons.